The van der Waals surface area contributed by atoms with Crippen LogP contribution in [0.4, 0.5) is 0 Å². The van der Waals surface area contributed by atoms with Gasteiger partial charge in [0.2, 0.25) is 5.78 Å². The number of carbonyl (C=O) groups is 3. The summed E-state index contributed by atoms with van der Waals surface area (Å²) >= 11 is 0. The lowest BCUT2D eigenvalue weighted by Gasteiger charge is -2.59. The van der Waals surface area contributed by atoms with E-state index >= 15 is 0 Å². The second-order valence-electron chi connectivity index (χ2n) is 13.6. The molecular weight excluding hydrogens is 484 g/mol. The summed E-state index contributed by atoms with van der Waals surface area (Å²) in [5.41, 5.74) is -3.78. The molecule has 206 valence electrons. The predicted octanol–water partition coefficient (Wildman–Crippen LogP) is 5.17. The van der Waals surface area contributed by atoms with Crippen LogP contribution in [0.3, 0.4) is 0 Å². The fourth-order valence-electron chi connectivity index (χ4n) is 7.52. The molecule has 0 radical (unpaired) electrons. The molecule has 4 N–H and O–H groups in total. The highest BCUT2D eigenvalue weighted by molar-refractivity contribution is 6.24. The first-order valence-electron chi connectivity index (χ1n) is 13.4. The van der Waals surface area contributed by atoms with E-state index in [4.69, 9.17) is 0 Å². The molecule has 1 aromatic carbocycles. The molecule has 7 nitrogen and oxygen atoms in total. The zero-order valence-corrected chi connectivity index (χ0v) is 23.7. The number of aromatic hydroxyl groups is 1. The maximum atomic E-state index is 14.3. The maximum Gasteiger partial charge on any atom is 0.203 e. The molecule has 4 rings (SSSR count). The molecule has 0 aromatic heterocycles. The Labute approximate surface area is 224 Å². The lowest BCUT2D eigenvalue weighted by molar-refractivity contribution is -0.178. The minimum absolute atomic E-state index is 0.0579. The molecule has 0 aliphatic heterocycles. The molecule has 7 heteroatoms. The normalized spacial score (nSPS) is 31.4. The van der Waals surface area contributed by atoms with Gasteiger partial charge < -0.3 is 20.4 Å². The molecule has 3 aliphatic carbocycles. The number of aryl methyl sites for hydroxylation is 1. The Bertz CT molecular complexity index is 1320. The highest BCUT2D eigenvalue weighted by atomic mass is 16.3. The highest BCUT2D eigenvalue weighted by Crippen LogP contribution is 2.65. The fourth-order valence-corrected chi connectivity index (χ4v) is 7.52. The second-order valence-corrected chi connectivity index (χ2v) is 13.6. The summed E-state index contributed by atoms with van der Waals surface area (Å²) in [6, 6.07) is 3.35. The topological polar surface area (TPSA) is 132 Å². The Morgan fingerprint density at radius 3 is 2.24 bits per heavy atom. The van der Waals surface area contributed by atoms with Crippen molar-refractivity contribution in [3.8, 4) is 5.75 Å². The molecule has 0 amide bonds. The number of hydrogen-bond acceptors (Lipinski definition) is 7. The highest BCUT2D eigenvalue weighted by Gasteiger charge is 2.72. The molecule has 4 atom stereocenters. The minimum atomic E-state index is -2.59. The Hall–Kier alpha value is -2.93. The third-order valence-corrected chi connectivity index (χ3v) is 9.13. The second kappa shape index (κ2) is 8.54. The van der Waals surface area contributed by atoms with Crippen LogP contribution in [0.2, 0.25) is 0 Å². The molecule has 0 heterocycles. The van der Waals surface area contributed by atoms with Crippen molar-refractivity contribution < 1.29 is 34.8 Å². The van der Waals surface area contributed by atoms with Gasteiger partial charge in [0.05, 0.1) is 5.56 Å². The van der Waals surface area contributed by atoms with E-state index in [-0.39, 0.29) is 34.6 Å². The van der Waals surface area contributed by atoms with Gasteiger partial charge in [0.25, 0.3) is 0 Å². The quantitative estimate of drug-likeness (QED) is 0.400. The number of aliphatic hydroxyl groups is 3. The van der Waals surface area contributed by atoms with E-state index in [1.807, 2.05) is 13.0 Å². The van der Waals surface area contributed by atoms with Gasteiger partial charge in [-0.25, -0.2) is 0 Å². The van der Waals surface area contributed by atoms with E-state index in [1.165, 1.54) is 6.07 Å². The lowest BCUT2D eigenvalue weighted by Crippen LogP contribution is -2.69. The van der Waals surface area contributed by atoms with E-state index in [2.05, 4.69) is 20.8 Å². The monoisotopic (exact) mass is 524 g/mol. The number of carbonyl (C=O) groups excluding carboxylic acids is 3. The first-order valence-corrected chi connectivity index (χ1v) is 13.4. The number of aliphatic hydroxyl groups excluding tert-OH is 2. The molecule has 1 saturated carbocycles. The van der Waals surface area contributed by atoms with Gasteiger partial charge >= 0.3 is 0 Å². The summed E-state index contributed by atoms with van der Waals surface area (Å²) in [6.07, 6.45) is 1.97. The van der Waals surface area contributed by atoms with Crippen LogP contribution in [0, 0.1) is 28.1 Å². The zero-order valence-electron chi connectivity index (χ0n) is 23.7. The van der Waals surface area contributed by atoms with Crippen molar-refractivity contribution in [1.29, 1.82) is 0 Å². The minimum Gasteiger partial charge on any atom is -0.508 e. The van der Waals surface area contributed by atoms with Gasteiger partial charge in [-0.1, -0.05) is 54.5 Å². The van der Waals surface area contributed by atoms with Gasteiger partial charge in [0, 0.05) is 22.3 Å². The molecule has 3 aliphatic rings. The van der Waals surface area contributed by atoms with Crippen LogP contribution in [0.25, 0.3) is 5.76 Å². The van der Waals surface area contributed by atoms with Crippen molar-refractivity contribution in [1.82, 2.24) is 0 Å². The van der Waals surface area contributed by atoms with Crippen LogP contribution in [0.5, 0.6) is 5.75 Å². The number of phenolic OH excluding ortho intramolecular Hbond substituents is 1. The number of Topliss-reactive ketones (excluding diaryl/α,β-unsaturated/α-hetero) is 3. The van der Waals surface area contributed by atoms with E-state index in [9.17, 15) is 34.8 Å². The Balaban J connectivity index is 2.01. The average molecular weight is 525 g/mol. The number of phenols is 1. The van der Waals surface area contributed by atoms with Gasteiger partial charge in [-0.15, -0.1) is 0 Å². The Morgan fingerprint density at radius 2 is 1.71 bits per heavy atom. The molecule has 38 heavy (non-hydrogen) atoms. The third-order valence-electron chi connectivity index (χ3n) is 9.13. The molecular formula is C31H40O7. The van der Waals surface area contributed by atoms with E-state index in [0.29, 0.717) is 12.8 Å². The Morgan fingerprint density at radius 1 is 1.11 bits per heavy atom. The lowest BCUT2D eigenvalue weighted by atomic mass is 9.43. The van der Waals surface area contributed by atoms with E-state index < -0.39 is 56.8 Å². The number of allylic oxidation sites excluding steroid dienone is 1. The molecule has 1 aromatic rings. The predicted molar refractivity (Wildman–Crippen MR) is 144 cm³/mol. The van der Waals surface area contributed by atoms with Crippen LogP contribution in [-0.2, 0) is 27.2 Å². The zero-order chi connectivity index (χ0) is 28.7. The third kappa shape index (κ3) is 3.69. The molecule has 1 unspecified atom stereocenters. The molecule has 0 saturated heterocycles. The summed E-state index contributed by atoms with van der Waals surface area (Å²) < 4.78 is 0. The number of fused-ring (bicyclic) bond motifs is 3. The van der Waals surface area contributed by atoms with Crippen molar-refractivity contribution >= 4 is 23.1 Å². The van der Waals surface area contributed by atoms with Gasteiger partial charge in [0.15, 0.2) is 17.2 Å². The van der Waals surface area contributed by atoms with Crippen LogP contribution in [0.1, 0.15) is 84.9 Å². The first kappa shape index (κ1) is 28.1. The van der Waals surface area contributed by atoms with Crippen LogP contribution in [-0.4, -0.2) is 43.4 Å². The van der Waals surface area contributed by atoms with Crippen LogP contribution in [0.15, 0.2) is 29.0 Å². The smallest absolute Gasteiger partial charge is 0.203 e. The van der Waals surface area contributed by atoms with Crippen molar-refractivity contribution in [2.45, 2.75) is 86.7 Å². The van der Waals surface area contributed by atoms with Gasteiger partial charge in [0.1, 0.15) is 22.8 Å². The van der Waals surface area contributed by atoms with Gasteiger partial charge in [-0.3, -0.25) is 14.4 Å². The van der Waals surface area contributed by atoms with Gasteiger partial charge in [-0.2, -0.15) is 0 Å². The first-order chi connectivity index (χ1) is 17.3. The molecule has 1 fully saturated rings. The summed E-state index contributed by atoms with van der Waals surface area (Å²) in [6.45, 7) is 14.6. The summed E-state index contributed by atoms with van der Waals surface area (Å²) in [7, 11) is 0. The number of benzene rings is 1. The maximum absolute atomic E-state index is 14.3. The summed E-state index contributed by atoms with van der Waals surface area (Å²) in [4.78, 5) is 40.3. The van der Waals surface area contributed by atoms with Gasteiger partial charge in [-0.05, 0) is 61.1 Å². The molecule has 0 bridgehead atoms. The number of hydrogen-bond donors (Lipinski definition) is 4. The van der Waals surface area contributed by atoms with E-state index in [1.54, 1.807) is 20.8 Å². The van der Waals surface area contributed by atoms with Crippen molar-refractivity contribution in [3.63, 3.8) is 0 Å². The van der Waals surface area contributed by atoms with Crippen LogP contribution < -0.4 is 0 Å². The Kier molecular flexibility index (Phi) is 6.31. The van der Waals surface area contributed by atoms with Crippen molar-refractivity contribution in [3.05, 3.63) is 45.7 Å². The van der Waals surface area contributed by atoms with Crippen molar-refractivity contribution in [2.75, 3.05) is 0 Å². The summed E-state index contributed by atoms with van der Waals surface area (Å²) in [5, 5.41) is 45.7. The van der Waals surface area contributed by atoms with E-state index in [0.717, 1.165) is 24.5 Å². The standard InChI is InChI=1S/C31H40O7/c1-15(2)22-24(34)20(16(3)32)26(36)31(38)27(37)23-25(35)21-18(13-29(23,7)14-30(22,31)8)17(9-10-19(21)33)11-12-28(4,5)6/h9-10,15,22,33,35-36,38H,11-14H2,1-8H3/t22?,29-,30-,31+/m1/s1. The largest absolute Gasteiger partial charge is 0.508 e. The van der Waals surface area contributed by atoms with Crippen molar-refractivity contribution in [2.24, 2.45) is 28.1 Å². The number of rotatable bonds is 4. The molecule has 0 spiro atoms. The van der Waals surface area contributed by atoms with Crippen LogP contribution >= 0.6 is 0 Å². The summed E-state index contributed by atoms with van der Waals surface area (Å²) in [5.74, 6) is -5.08. The average Bonchev–Trinajstić information content (AvgIpc) is 2.74. The number of ketones is 3. The fraction of sp³-hybridized carbons (Fsp3) is 0.581. The SMILES string of the molecule is CC(=O)C1=C(O)[C@]2(O)C(=O)C3=C(O)c4c(O)ccc(CCC(C)(C)C)c4C[C@]3(C)C[C@]2(C)C(C(C)C)C1=O.